The summed E-state index contributed by atoms with van der Waals surface area (Å²) in [5.74, 6) is 0. The van der Waals surface area contributed by atoms with Crippen LogP contribution in [0.25, 0.3) is 5.57 Å². The van der Waals surface area contributed by atoms with Crippen LogP contribution in [0.15, 0.2) is 18.8 Å². The van der Waals surface area contributed by atoms with Crippen LogP contribution < -0.4 is 5.73 Å². The normalized spacial score (nSPS) is 10.0. The SMILES string of the molecule is C=C(CCN)c1ccn(C)n1. The molecule has 0 atom stereocenters. The monoisotopic (exact) mass is 151 g/mol. The van der Waals surface area contributed by atoms with Crippen molar-refractivity contribution >= 4 is 5.57 Å². The largest absolute Gasteiger partial charge is 0.330 e. The summed E-state index contributed by atoms with van der Waals surface area (Å²) in [6.45, 7) is 4.51. The molecule has 11 heavy (non-hydrogen) atoms. The molecule has 60 valence electrons. The number of aromatic nitrogens is 2. The van der Waals surface area contributed by atoms with Gasteiger partial charge in [0, 0.05) is 13.2 Å². The molecule has 0 unspecified atom stereocenters. The lowest BCUT2D eigenvalue weighted by Crippen LogP contribution is -2.00. The van der Waals surface area contributed by atoms with Gasteiger partial charge in [0.15, 0.2) is 0 Å². The van der Waals surface area contributed by atoms with Crippen molar-refractivity contribution in [3.05, 3.63) is 24.5 Å². The van der Waals surface area contributed by atoms with Gasteiger partial charge in [-0.25, -0.2) is 0 Å². The van der Waals surface area contributed by atoms with E-state index in [-0.39, 0.29) is 0 Å². The van der Waals surface area contributed by atoms with E-state index in [1.54, 1.807) is 4.68 Å². The first-order chi connectivity index (χ1) is 5.24. The lowest BCUT2D eigenvalue weighted by atomic mass is 10.1. The molecular weight excluding hydrogens is 138 g/mol. The molecule has 0 spiro atoms. The second-order valence-electron chi connectivity index (χ2n) is 2.52. The maximum Gasteiger partial charge on any atom is 0.0877 e. The molecule has 3 heteroatoms. The van der Waals surface area contributed by atoms with Crippen molar-refractivity contribution in [1.82, 2.24) is 9.78 Å². The van der Waals surface area contributed by atoms with E-state index in [0.717, 1.165) is 17.7 Å². The molecule has 0 aliphatic carbocycles. The van der Waals surface area contributed by atoms with Gasteiger partial charge in [-0.3, -0.25) is 4.68 Å². The van der Waals surface area contributed by atoms with Gasteiger partial charge in [0.2, 0.25) is 0 Å². The fourth-order valence-corrected chi connectivity index (χ4v) is 0.906. The number of rotatable bonds is 3. The van der Waals surface area contributed by atoms with Crippen molar-refractivity contribution in [2.45, 2.75) is 6.42 Å². The summed E-state index contributed by atoms with van der Waals surface area (Å²) in [5, 5.41) is 4.19. The van der Waals surface area contributed by atoms with Crippen molar-refractivity contribution in [3.8, 4) is 0 Å². The van der Waals surface area contributed by atoms with E-state index in [1.807, 2.05) is 19.3 Å². The summed E-state index contributed by atoms with van der Waals surface area (Å²) in [6, 6.07) is 1.94. The summed E-state index contributed by atoms with van der Waals surface area (Å²) in [6.07, 6.45) is 2.72. The lowest BCUT2D eigenvalue weighted by molar-refractivity contribution is 0.761. The second kappa shape index (κ2) is 3.34. The van der Waals surface area contributed by atoms with Gasteiger partial charge in [0.05, 0.1) is 5.69 Å². The van der Waals surface area contributed by atoms with E-state index in [1.165, 1.54) is 0 Å². The molecular formula is C8H13N3. The Bertz CT molecular complexity index is 250. The maximum absolute atomic E-state index is 5.38. The minimum Gasteiger partial charge on any atom is -0.330 e. The molecule has 0 radical (unpaired) electrons. The molecule has 1 rings (SSSR count). The zero-order valence-electron chi connectivity index (χ0n) is 6.75. The minimum absolute atomic E-state index is 0.634. The second-order valence-corrected chi connectivity index (χ2v) is 2.52. The molecule has 1 aromatic heterocycles. The Balaban J connectivity index is 2.69. The Morgan fingerprint density at radius 2 is 2.55 bits per heavy atom. The van der Waals surface area contributed by atoms with E-state index in [2.05, 4.69) is 11.7 Å². The summed E-state index contributed by atoms with van der Waals surface area (Å²) < 4.78 is 1.76. The highest BCUT2D eigenvalue weighted by atomic mass is 15.2. The third-order valence-corrected chi connectivity index (χ3v) is 1.52. The molecule has 0 aliphatic heterocycles. The number of hydrogen-bond acceptors (Lipinski definition) is 2. The first-order valence-corrected chi connectivity index (χ1v) is 3.62. The van der Waals surface area contributed by atoms with Gasteiger partial charge in [-0.2, -0.15) is 5.10 Å². The average molecular weight is 151 g/mol. The molecule has 0 bridgehead atoms. The average Bonchev–Trinajstić information content (AvgIpc) is 2.36. The van der Waals surface area contributed by atoms with E-state index in [4.69, 9.17) is 5.73 Å². The molecule has 0 saturated carbocycles. The predicted octanol–water partition coefficient (Wildman–Crippen LogP) is 0.782. The third kappa shape index (κ3) is 1.91. The van der Waals surface area contributed by atoms with Crippen molar-refractivity contribution in [2.24, 2.45) is 12.8 Å². The van der Waals surface area contributed by atoms with Crippen LogP contribution in [0, 0.1) is 0 Å². The van der Waals surface area contributed by atoms with Crippen LogP contribution in [0.3, 0.4) is 0 Å². The van der Waals surface area contributed by atoms with Crippen LogP contribution in [0.4, 0.5) is 0 Å². The first kappa shape index (κ1) is 8.01. The number of nitrogens with two attached hydrogens (primary N) is 1. The van der Waals surface area contributed by atoms with Crippen LogP contribution in [-0.2, 0) is 7.05 Å². The maximum atomic E-state index is 5.38. The molecule has 0 aliphatic rings. The van der Waals surface area contributed by atoms with Crippen molar-refractivity contribution < 1.29 is 0 Å². The van der Waals surface area contributed by atoms with Gasteiger partial charge in [-0.1, -0.05) is 6.58 Å². The molecule has 0 saturated heterocycles. The van der Waals surface area contributed by atoms with E-state index >= 15 is 0 Å². The number of aryl methyl sites for hydroxylation is 1. The number of nitrogens with zero attached hydrogens (tertiary/aromatic N) is 2. The predicted molar refractivity (Wildman–Crippen MR) is 45.9 cm³/mol. The van der Waals surface area contributed by atoms with Crippen LogP contribution in [0.2, 0.25) is 0 Å². The molecule has 2 N–H and O–H groups in total. The lowest BCUT2D eigenvalue weighted by Gasteiger charge is -1.97. The van der Waals surface area contributed by atoms with Gasteiger partial charge in [0.1, 0.15) is 0 Å². The van der Waals surface area contributed by atoms with Crippen LogP contribution in [0.5, 0.6) is 0 Å². The Morgan fingerprint density at radius 1 is 1.82 bits per heavy atom. The Hall–Kier alpha value is -1.09. The topological polar surface area (TPSA) is 43.8 Å². The summed E-state index contributed by atoms with van der Waals surface area (Å²) >= 11 is 0. The van der Waals surface area contributed by atoms with Gasteiger partial charge in [0.25, 0.3) is 0 Å². The van der Waals surface area contributed by atoms with Crippen LogP contribution in [0.1, 0.15) is 12.1 Å². The highest BCUT2D eigenvalue weighted by molar-refractivity contribution is 5.59. The Kier molecular flexibility index (Phi) is 2.44. The minimum atomic E-state index is 0.634. The number of hydrogen-bond donors (Lipinski definition) is 1. The highest BCUT2D eigenvalue weighted by Gasteiger charge is 1.99. The van der Waals surface area contributed by atoms with Gasteiger partial charge < -0.3 is 5.73 Å². The Morgan fingerprint density at radius 3 is 3.00 bits per heavy atom. The zero-order chi connectivity index (χ0) is 8.27. The Labute approximate surface area is 66.5 Å². The van der Waals surface area contributed by atoms with E-state index in [0.29, 0.717) is 6.54 Å². The third-order valence-electron chi connectivity index (χ3n) is 1.52. The standard InChI is InChI=1S/C8H13N3/c1-7(3-5-9)8-4-6-11(2)10-8/h4,6H,1,3,5,9H2,2H3. The van der Waals surface area contributed by atoms with Gasteiger partial charge in [-0.05, 0) is 24.6 Å². The van der Waals surface area contributed by atoms with Crippen LogP contribution in [-0.4, -0.2) is 16.3 Å². The first-order valence-electron chi connectivity index (χ1n) is 3.62. The molecule has 0 amide bonds. The van der Waals surface area contributed by atoms with Crippen molar-refractivity contribution in [2.75, 3.05) is 6.54 Å². The molecule has 1 heterocycles. The van der Waals surface area contributed by atoms with Crippen molar-refractivity contribution in [1.29, 1.82) is 0 Å². The van der Waals surface area contributed by atoms with Crippen molar-refractivity contribution in [3.63, 3.8) is 0 Å². The molecule has 0 aromatic carbocycles. The fraction of sp³-hybridized carbons (Fsp3) is 0.375. The van der Waals surface area contributed by atoms with E-state index in [9.17, 15) is 0 Å². The smallest absolute Gasteiger partial charge is 0.0877 e. The summed E-state index contributed by atoms with van der Waals surface area (Å²) in [7, 11) is 1.89. The highest BCUT2D eigenvalue weighted by Crippen LogP contribution is 2.11. The quantitative estimate of drug-likeness (QED) is 0.693. The summed E-state index contributed by atoms with van der Waals surface area (Å²) in [4.78, 5) is 0. The fourth-order valence-electron chi connectivity index (χ4n) is 0.906. The van der Waals surface area contributed by atoms with Crippen LogP contribution >= 0.6 is 0 Å². The van der Waals surface area contributed by atoms with Gasteiger partial charge in [-0.15, -0.1) is 0 Å². The molecule has 3 nitrogen and oxygen atoms in total. The summed E-state index contributed by atoms with van der Waals surface area (Å²) in [5.41, 5.74) is 7.33. The molecule has 0 fully saturated rings. The zero-order valence-corrected chi connectivity index (χ0v) is 6.75. The van der Waals surface area contributed by atoms with Gasteiger partial charge >= 0.3 is 0 Å². The van der Waals surface area contributed by atoms with E-state index < -0.39 is 0 Å². The molecule has 1 aromatic rings.